The number of hydrogen-bond donors (Lipinski definition) is 2. The summed E-state index contributed by atoms with van der Waals surface area (Å²) in [5.74, 6) is 0. The summed E-state index contributed by atoms with van der Waals surface area (Å²) in [6, 6.07) is 0. The van der Waals surface area contributed by atoms with Crippen molar-refractivity contribution in [1.29, 1.82) is 0 Å². The SMILES string of the molecule is COC(C)c1[nH]c(=S)[nH]c(=O)c1C. The lowest BCUT2D eigenvalue weighted by molar-refractivity contribution is 0.115. The fraction of sp³-hybridized carbons (Fsp3) is 0.500. The molecule has 5 heteroatoms. The Morgan fingerprint density at radius 3 is 2.62 bits per heavy atom. The standard InChI is InChI=1S/C8H12N2O2S/c1-4-6(5(2)12-3)9-8(13)10-7(4)11/h5H,1-3H3,(H2,9,10,11,13). The molecule has 13 heavy (non-hydrogen) atoms. The Kier molecular flexibility index (Phi) is 3.00. The van der Waals surface area contributed by atoms with Crippen molar-refractivity contribution in [2.75, 3.05) is 7.11 Å². The maximum atomic E-state index is 11.3. The number of aromatic amines is 2. The summed E-state index contributed by atoms with van der Waals surface area (Å²) in [7, 11) is 1.59. The fourth-order valence-corrected chi connectivity index (χ4v) is 1.29. The van der Waals surface area contributed by atoms with E-state index < -0.39 is 0 Å². The lowest BCUT2D eigenvalue weighted by atomic mass is 10.2. The van der Waals surface area contributed by atoms with Gasteiger partial charge in [0.2, 0.25) is 0 Å². The molecule has 2 N–H and O–H groups in total. The quantitative estimate of drug-likeness (QED) is 0.710. The Bertz CT molecular complexity index is 407. The van der Waals surface area contributed by atoms with Crippen molar-refractivity contribution < 1.29 is 4.74 Å². The second kappa shape index (κ2) is 3.85. The van der Waals surface area contributed by atoms with Gasteiger partial charge in [-0.05, 0) is 26.1 Å². The Labute approximate surface area is 81.0 Å². The molecule has 1 aromatic rings. The van der Waals surface area contributed by atoms with Crippen LogP contribution in [0.25, 0.3) is 0 Å². The van der Waals surface area contributed by atoms with Gasteiger partial charge < -0.3 is 9.72 Å². The molecule has 0 bridgehead atoms. The zero-order chi connectivity index (χ0) is 10.0. The van der Waals surface area contributed by atoms with Crippen molar-refractivity contribution in [2.24, 2.45) is 0 Å². The molecule has 0 aliphatic heterocycles. The summed E-state index contributed by atoms with van der Waals surface area (Å²) in [5.41, 5.74) is 1.18. The number of rotatable bonds is 2. The van der Waals surface area contributed by atoms with Crippen LogP contribution in [-0.2, 0) is 4.74 Å². The van der Waals surface area contributed by atoms with Gasteiger partial charge in [-0.15, -0.1) is 0 Å². The van der Waals surface area contributed by atoms with E-state index in [0.29, 0.717) is 10.3 Å². The predicted molar refractivity (Wildman–Crippen MR) is 52.4 cm³/mol. The van der Waals surface area contributed by atoms with E-state index in [-0.39, 0.29) is 11.7 Å². The molecular weight excluding hydrogens is 188 g/mol. The van der Waals surface area contributed by atoms with Gasteiger partial charge in [0, 0.05) is 12.7 Å². The molecule has 0 aliphatic carbocycles. The molecule has 0 amide bonds. The van der Waals surface area contributed by atoms with Crippen LogP contribution in [0.5, 0.6) is 0 Å². The summed E-state index contributed by atoms with van der Waals surface area (Å²) in [6.07, 6.45) is -0.149. The van der Waals surface area contributed by atoms with Crippen molar-refractivity contribution in [2.45, 2.75) is 20.0 Å². The Balaban J connectivity index is 3.37. The van der Waals surface area contributed by atoms with Gasteiger partial charge in [-0.2, -0.15) is 0 Å². The van der Waals surface area contributed by atoms with E-state index >= 15 is 0 Å². The van der Waals surface area contributed by atoms with E-state index in [0.717, 1.165) is 5.69 Å². The highest BCUT2D eigenvalue weighted by molar-refractivity contribution is 7.71. The highest BCUT2D eigenvalue weighted by Gasteiger charge is 2.09. The van der Waals surface area contributed by atoms with Crippen LogP contribution in [0.4, 0.5) is 0 Å². The average Bonchev–Trinajstić information content (AvgIpc) is 2.10. The largest absolute Gasteiger partial charge is 0.376 e. The maximum Gasteiger partial charge on any atom is 0.254 e. The molecule has 72 valence electrons. The van der Waals surface area contributed by atoms with E-state index in [9.17, 15) is 4.79 Å². The van der Waals surface area contributed by atoms with E-state index in [4.69, 9.17) is 17.0 Å². The third kappa shape index (κ3) is 2.05. The van der Waals surface area contributed by atoms with Crippen molar-refractivity contribution >= 4 is 12.2 Å². The number of aromatic nitrogens is 2. The van der Waals surface area contributed by atoms with Gasteiger partial charge in [0.05, 0.1) is 11.8 Å². The Morgan fingerprint density at radius 2 is 2.08 bits per heavy atom. The van der Waals surface area contributed by atoms with Crippen molar-refractivity contribution in [3.8, 4) is 0 Å². The van der Waals surface area contributed by atoms with E-state index in [2.05, 4.69) is 9.97 Å². The molecule has 1 heterocycles. The number of hydrogen-bond acceptors (Lipinski definition) is 3. The highest BCUT2D eigenvalue weighted by atomic mass is 32.1. The van der Waals surface area contributed by atoms with Gasteiger partial charge in [0.1, 0.15) is 0 Å². The first-order valence-electron chi connectivity index (χ1n) is 3.92. The molecule has 0 spiro atoms. The molecule has 0 saturated carbocycles. The minimum atomic E-state index is -0.164. The molecule has 1 aromatic heterocycles. The second-order valence-electron chi connectivity index (χ2n) is 2.82. The minimum Gasteiger partial charge on any atom is -0.376 e. The lowest BCUT2D eigenvalue weighted by Crippen LogP contribution is -2.16. The summed E-state index contributed by atoms with van der Waals surface area (Å²) >= 11 is 4.85. The smallest absolute Gasteiger partial charge is 0.254 e. The first kappa shape index (κ1) is 10.1. The minimum absolute atomic E-state index is 0.149. The number of ether oxygens (including phenoxy) is 1. The summed E-state index contributed by atoms with van der Waals surface area (Å²) in [5, 5.41) is 0. The van der Waals surface area contributed by atoms with Crippen molar-refractivity contribution in [1.82, 2.24) is 9.97 Å². The summed E-state index contributed by atoms with van der Waals surface area (Å²) in [4.78, 5) is 16.7. The second-order valence-corrected chi connectivity index (χ2v) is 3.23. The van der Waals surface area contributed by atoms with E-state index in [1.165, 1.54) is 0 Å². The molecule has 0 radical (unpaired) electrons. The van der Waals surface area contributed by atoms with Gasteiger partial charge in [-0.1, -0.05) is 0 Å². The maximum absolute atomic E-state index is 11.3. The molecule has 0 aliphatic rings. The number of methoxy groups -OCH3 is 1. The fourth-order valence-electron chi connectivity index (χ4n) is 1.09. The predicted octanol–water partition coefficient (Wildman–Crippen LogP) is 1.45. The topological polar surface area (TPSA) is 57.9 Å². The van der Waals surface area contributed by atoms with E-state index in [1.54, 1.807) is 14.0 Å². The van der Waals surface area contributed by atoms with Gasteiger partial charge in [-0.25, -0.2) is 0 Å². The Hall–Kier alpha value is -0.940. The van der Waals surface area contributed by atoms with Gasteiger partial charge in [0.15, 0.2) is 4.77 Å². The number of nitrogens with one attached hydrogen (secondary N) is 2. The first-order chi connectivity index (χ1) is 6.06. The van der Waals surface area contributed by atoms with Crippen LogP contribution in [-0.4, -0.2) is 17.1 Å². The van der Waals surface area contributed by atoms with Gasteiger partial charge >= 0.3 is 0 Å². The molecule has 1 unspecified atom stereocenters. The zero-order valence-corrected chi connectivity index (χ0v) is 8.62. The van der Waals surface area contributed by atoms with Crippen LogP contribution in [0.1, 0.15) is 24.3 Å². The zero-order valence-electron chi connectivity index (χ0n) is 7.80. The van der Waals surface area contributed by atoms with Crippen LogP contribution < -0.4 is 5.56 Å². The third-order valence-electron chi connectivity index (χ3n) is 1.98. The van der Waals surface area contributed by atoms with Crippen LogP contribution >= 0.6 is 12.2 Å². The van der Waals surface area contributed by atoms with Crippen LogP contribution in [0, 0.1) is 11.7 Å². The summed E-state index contributed by atoms with van der Waals surface area (Å²) in [6.45, 7) is 3.59. The monoisotopic (exact) mass is 200 g/mol. The van der Waals surface area contributed by atoms with Crippen molar-refractivity contribution in [3.05, 3.63) is 26.4 Å². The average molecular weight is 200 g/mol. The molecule has 1 rings (SSSR count). The van der Waals surface area contributed by atoms with Crippen LogP contribution in [0.3, 0.4) is 0 Å². The number of H-pyrrole nitrogens is 2. The van der Waals surface area contributed by atoms with E-state index in [1.807, 2.05) is 6.92 Å². The summed E-state index contributed by atoms with van der Waals surface area (Å²) < 4.78 is 5.42. The highest BCUT2D eigenvalue weighted by Crippen LogP contribution is 2.13. The lowest BCUT2D eigenvalue weighted by Gasteiger charge is -2.11. The molecule has 0 aromatic carbocycles. The molecule has 1 atom stereocenters. The normalized spacial score (nSPS) is 12.8. The van der Waals surface area contributed by atoms with Gasteiger partial charge in [-0.3, -0.25) is 9.78 Å². The first-order valence-corrected chi connectivity index (χ1v) is 4.33. The molecular formula is C8H12N2O2S. The molecule has 0 fully saturated rings. The third-order valence-corrected chi connectivity index (χ3v) is 2.18. The Morgan fingerprint density at radius 1 is 1.46 bits per heavy atom. The van der Waals surface area contributed by atoms with Crippen molar-refractivity contribution in [3.63, 3.8) is 0 Å². The van der Waals surface area contributed by atoms with Gasteiger partial charge in [0.25, 0.3) is 5.56 Å². The molecule has 0 saturated heterocycles. The molecule has 4 nitrogen and oxygen atoms in total. The van der Waals surface area contributed by atoms with Crippen LogP contribution in [0.15, 0.2) is 4.79 Å². The van der Waals surface area contributed by atoms with Crippen LogP contribution in [0.2, 0.25) is 0 Å².